The number of aromatic nitrogens is 2. The molecular formula is C17H29N5O2. The maximum atomic E-state index is 11.5. The molecule has 2 fully saturated rings. The van der Waals surface area contributed by atoms with E-state index in [1.54, 1.807) is 6.92 Å². The van der Waals surface area contributed by atoms with Crippen LogP contribution in [-0.4, -0.2) is 76.1 Å². The number of piperazine rings is 1. The Hall–Kier alpha value is -1.47. The third-order valence-corrected chi connectivity index (χ3v) is 5.53. The van der Waals surface area contributed by atoms with Gasteiger partial charge in [-0.3, -0.25) is 14.6 Å². The van der Waals surface area contributed by atoms with E-state index in [1.165, 1.54) is 0 Å². The fraction of sp³-hybridized carbons (Fsp3) is 0.824. The lowest BCUT2D eigenvalue weighted by molar-refractivity contribution is -0.130. The highest BCUT2D eigenvalue weighted by Crippen LogP contribution is 2.29. The van der Waals surface area contributed by atoms with Gasteiger partial charge in [-0.1, -0.05) is 19.0 Å². The molecule has 0 saturated carbocycles. The number of amides is 1. The summed E-state index contributed by atoms with van der Waals surface area (Å²) in [6.07, 6.45) is 0.801. The second kappa shape index (κ2) is 7.19. The summed E-state index contributed by atoms with van der Waals surface area (Å²) in [7, 11) is 0. The summed E-state index contributed by atoms with van der Waals surface area (Å²) in [5.74, 6) is 2.29. The van der Waals surface area contributed by atoms with E-state index in [9.17, 15) is 4.79 Å². The van der Waals surface area contributed by atoms with Crippen LogP contribution in [0.25, 0.3) is 0 Å². The lowest BCUT2D eigenvalue weighted by Gasteiger charge is -2.39. The van der Waals surface area contributed by atoms with Crippen LogP contribution in [-0.2, 0) is 11.2 Å². The first kappa shape index (κ1) is 17.4. The summed E-state index contributed by atoms with van der Waals surface area (Å²) in [6.45, 7) is 13.9. The molecule has 24 heavy (non-hydrogen) atoms. The standard InChI is InChI=1S/C17H29N5O2/c1-5-16-18-17(24-19-16)13(3)22-10-12(2)15(11-22)21-8-6-20(7-9-21)14(4)23/h12-13,15H,5-11H2,1-4H3/t12-,13+,15+/m1/s1. The highest BCUT2D eigenvalue weighted by molar-refractivity contribution is 5.73. The van der Waals surface area contributed by atoms with Crippen molar-refractivity contribution < 1.29 is 9.32 Å². The zero-order chi connectivity index (χ0) is 17.3. The maximum Gasteiger partial charge on any atom is 0.243 e. The van der Waals surface area contributed by atoms with Crippen molar-refractivity contribution >= 4 is 5.91 Å². The van der Waals surface area contributed by atoms with Gasteiger partial charge < -0.3 is 9.42 Å². The van der Waals surface area contributed by atoms with Crippen LogP contribution in [0.5, 0.6) is 0 Å². The molecule has 0 unspecified atom stereocenters. The summed E-state index contributed by atoms with van der Waals surface area (Å²) >= 11 is 0. The fourth-order valence-electron chi connectivity index (χ4n) is 3.88. The molecule has 3 atom stereocenters. The second-order valence-electron chi connectivity index (χ2n) is 7.12. The SMILES string of the molecule is CCc1noc([C@H](C)N2C[C@@H](C)[C@@H](N3CCN(C(C)=O)CC3)C2)n1. The molecule has 0 radical (unpaired) electrons. The van der Waals surface area contributed by atoms with Crippen LogP contribution in [0.15, 0.2) is 4.52 Å². The molecule has 0 N–H and O–H groups in total. The third kappa shape index (κ3) is 3.47. The minimum Gasteiger partial charge on any atom is -0.340 e. The van der Waals surface area contributed by atoms with Crippen molar-refractivity contribution in [2.24, 2.45) is 5.92 Å². The number of carbonyl (C=O) groups excluding carboxylic acids is 1. The van der Waals surface area contributed by atoms with Crippen LogP contribution in [0, 0.1) is 5.92 Å². The van der Waals surface area contributed by atoms with Crippen molar-refractivity contribution in [1.29, 1.82) is 0 Å². The molecule has 7 nitrogen and oxygen atoms in total. The van der Waals surface area contributed by atoms with Crippen molar-refractivity contribution in [1.82, 2.24) is 24.8 Å². The number of hydrogen-bond acceptors (Lipinski definition) is 6. The Morgan fingerprint density at radius 1 is 1.29 bits per heavy atom. The molecule has 134 valence electrons. The fourth-order valence-corrected chi connectivity index (χ4v) is 3.88. The summed E-state index contributed by atoms with van der Waals surface area (Å²) in [5.41, 5.74) is 0. The molecule has 3 heterocycles. The first-order valence-corrected chi connectivity index (χ1v) is 9.05. The Bertz CT molecular complexity index is 567. The average Bonchev–Trinajstić information content (AvgIpc) is 3.21. The molecule has 0 spiro atoms. The zero-order valence-electron chi connectivity index (χ0n) is 15.2. The van der Waals surface area contributed by atoms with Crippen LogP contribution in [0.2, 0.25) is 0 Å². The Morgan fingerprint density at radius 3 is 2.58 bits per heavy atom. The number of likely N-dealkylation sites (tertiary alicyclic amines) is 1. The summed E-state index contributed by atoms with van der Waals surface area (Å²) in [6, 6.07) is 0.693. The minimum absolute atomic E-state index is 0.156. The largest absolute Gasteiger partial charge is 0.340 e. The van der Waals surface area contributed by atoms with Crippen molar-refractivity contribution in [3.8, 4) is 0 Å². The van der Waals surface area contributed by atoms with E-state index >= 15 is 0 Å². The molecule has 2 aliphatic heterocycles. The van der Waals surface area contributed by atoms with Gasteiger partial charge in [0.1, 0.15) is 0 Å². The quantitative estimate of drug-likeness (QED) is 0.823. The molecule has 1 amide bonds. The van der Waals surface area contributed by atoms with Crippen LogP contribution in [0.1, 0.15) is 45.5 Å². The van der Waals surface area contributed by atoms with Crippen molar-refractivity contribution in [3.63, 3.8) is 0 Å². The molecule has 3 rings (SSSR count). The lowest BCUT2D eigenvalue weighted by Crippen LogP contribution is -2.53. The minimum atomic E-state index is 0.156. The third-order valence-electron chi connectivity index (χ3n) is 5.53. The summed E-state index contributed by atoms with van der Waals surface area (Å²) in [5, 5.41) is 4.02. The Labute approximate surface area is 144 Å². The van der Waals surface area contributed by atoms with E-state index in [4.69, 9.17) is 4.52 Å². The lowest BCUT2D eigenvalue weighted by atomic mass is 10.0. The molecule has 2 saturated heterocycles. The van der Waals surface area contributed by atoms with Gasteiger partial charge in [-0.05, 0) is 12.8 Å². The highest BCUT2D eigenvalue weighted by Gasteiger charge is 2.38. The Kier molecular flexibility index (Phi) is 5.20. The number of nitrogens with zero attached hydrogens (tertiary/aromatic N) is 5. The first-order valence-electron chi connectivity index (χ1n) is 9.05. The van der Waals surface area contributed by atoms with Crippen LogP contribution >= 0.6 is 0 Å². The van der Waals surface area contributed by atoms with E-state index in [0.717, 1.165) is 57.4 Å². The molecular weight excluding hydrogens is 306 g/mol. The van der Waals surface area contributed by atoms with Gasteiger partial charge in [-0.15, -0.1) is 0 Å². The average molecular weight is 335 g/mol. The smallest absolute Gasteiger partial charge is 0.243 e. The van der Waals surface area contributed by atoms with Gasteiger partial charge in [0.15, 0.2) is 5.82 Å². The van der Waals surface area contributed by atoms with E-state index in [-0.39, 0.29) is 11.9 Å². The highest BCUT2D eigenvalue weighted by atomic mass is 16.5. The van der Waals surface area contributed by atoms with Gasteiger partial charge >= 0.3 is 0 Å². The monoisotopic (exact) mass is 335 g/mol. The molecule has 0 aliphatic carbocycles. The van der Waals surface area contributed by atoms with Gasteiger partial charge in [-0.2, -0.15) is 4.98 Å². The van der Waals surface area contributed by atoms with E-state index in [0.29, 0.717) is 12.0 Å². The van der Waals surface area contributed by atoms with Crippen molar-refractivity contribution in [2.75, 3.05) is 39.3 Å². The number of aryl methyl sites for hydroxylation is 1. The van der Waals surface area contributed by atoms with Gasteiger partial charge in [0.2, 0.25) is 11.8 Å². The molecule has 2 aliphatic rings. The van der Waals surface area contributed by atoms with Crippen LogP contribution in [0.3, 0.4) is 0 Å². The molecule has 7 heteroatoms. The van der Waals surface area contributed by atoms with E-state index in [1.807, 2.05) is 11.8 Å². The predicted molar refractivity (Wildman–Crippen MR) is 90.4 cm³/mol. The van der Waals surface area contributed by atoms with Gasteiger partial charge in [0, 0.05) is 58.7 Å². The molecule has 1 aromatic heterocycles. The predicted octanol–water partition coefficient (Wildman–Crippen LogP) is 1.18. The number of rotatable bonds is 4. The van der Waals surface area contributed by atoms with Gasteiger partial charge in [0.25, 0.3) is 0 Å². The summed E-state index contributed by atoms with van der Waals surface area (Å²) < 4.78 is 5.43. The van der Waals surface area contributed by atoms with Gasteiger partial charge in [-0.25, -0.2) is 0 Å². The van der Waals surface area contributed by atoms with E-state index < -0.39 is 0 Å². The van der Waals surface area contributed by atoms with E-state index in [2.05, 4.69) is 33.8 Å². The Morgan fingerprint density at radius 2 is 2.00 bits per heavy atom. The second-order valence-corrected chi connectivity index (χ2v) is 7.12. The number of carbonyl (C=O) groups is 1. The number of hydrogen-bond donors (Lipinski definition) is 0. The Balaban J connectivity index is 1.59. The molecule has 1 aromatic rings. The van der Waals surface area contributed by atoms with Crippen molar-refractivity contribution in [2.45, 2.75) is 46.2 Å². The topological polar surface area (TPSA) is 65.7 Å². The van der Waals surface area contributed by atoms with Crippen LogP contribution in [0.4, 0.5) is 0 Å². The molecule has 0 aromatic carbocycles. The van der Waals surface area contributed by atoms with Crippen molar-refractivity contribution in [3.05, 3.63) is 11.7 Å². The normalized spacial score (nSPS) is 27.6. The van der Waals surface area contributed by atoms with Crippen LogP contribution < -0.4 is 0 Å². The first-order chi connectivity index (χ1) is 11.5. The van der Waals surface area contributed by atoms with Gasteiger partial charge in [0.05, 0.1) is 6.04 Å². The zero-order valence-corrected chi connectivity index (χ0v) is 15.2. The maximum absolute atomic E-state index is 11.5. The molecule has 0 bridgehead atoms. The summed E-state index contributed by atoms with van der Waals surface area (Å²) in [4.78, 5) is 22.9.